The van der Waals surface area contributed by atoms with Gasteiger partial charge in [-0.15, -0.1) is 0 Å². The lowest BCUT2D eigenvalue weighted by molar-refractivity contribution is 0.0528. The average molecular weight is 330 g/mol. The molecule has 0 saturated heterocycles. The molecule has 0 aromatic heterocycles. The van der Waals surface area contributed by atoms with Crippen molar-refractivity contribution in [1.29, 1.82) is 0 Å². The summed E-state index contributed by atoms with van der Waals surface area (Å²) in [5.74, 6) is 0.795. The van der Waals surface area contributed by atoms with Crippen LogP contribution in [0.3, 0.4) is 0 Å². The fourth-order valence-corrected chi connectivity index (χ4v) is 2.08. The average Bonchev–Trinajstić information content (AvgIpc) is 2.26. The Morgan fingerprint density at radius 1 is 1.37 bits per heavy atom. The Bertz CT molecular complexity index is 441. The molecule has 1 rings (SSSR count). The highest BCUT2D eigenvalue weighted by Gasteiger charge is 2.15. The molecule has 0 fully saturated rings. The lowest BCUT2D eigenvalue weighted by Crippen LogP contribution is -2.33. The number of hydrogen-bond donors (Lipinski definition) is 1. The third-order valence-electron chi connectivity index (χ3n) is 2.30. The van der Waals surface area contributed by atoms with Crippen molar-refractivity contribution >= 4 is 22.0 Å². The first-order valence-corrected chi connectivity index (χ1v) is 6.90. The van der Waals surface area contributed by atoms with Crippen molar-refractivity contribution in [2.45, 2.75) is 32.8 Å². The molecule has 0 aliphatic rings. The molecule has 0 saturated carbocycles. The van der Waals surface area contributed by atoms with Gasteiger partial charge in [-0.25, -0.2) is 4.79 Å². The van der Waals surface area contributed by atoms with E-state index in [4.69, 9.17) is 9.47 Å². The molecule has 0 atom stereocenters. The van der Waals surface area contributed by atoms with Crippen molar-refractivity contribution in [3.63, 3.8) is 0 Å². The van der Waals surface area contributed by atoms with Gasteiger partial charge in [-0.3, -0.25) is 0 Å². The first kappa shape index (κ1) is 15.8. The van der Waals surface area contributed by atoms with E-state index < -0.39 is 5.60 Å². The first-order valence-electron chi connectivity index (χ1n) is 6.11. The smallest absolute Gasteiger partial charge is 0.407 e. The van der Waals surface area contributed by atoms with Crippen LogP contribution in [0.25, 0.3) is 0 Å². The summed E-state index contributed by atoms with van der Waals surface area (Å²) in [7, 11) is 1.63. The zero-order valence-electron chi connectivity index (χ0n) is 11.7. The van der Waals surface area contributed by atoms with Gasteiger partial charge >= 0.3 is 6.09 Å². The Kier molecular flexibility index (Phi) is 5.66. The predicted octanol–water partition coefficient (Wildman–Crippen LogP) is 3.52. The molecule has 1 aromatic rings. The lowest BCUT2D eigenvalue weighted by atomic mass is 10.1. The topological polar surface area (TPSA) is 47.6 Å². The van der Waals surface area contributed by atoms with Crippen LogP contribution in [0.15, 0.2) is 22.7 Å². The summed E-state index contributed by atoms with van der Waals surface area (Å²) in [5, 5.41) is 2.73. The van der Waals surface area contributed by atoms with E-state index in [1.807, 2.05) is 39.0 Å². The number of carbonyl (C=O) groups excluding carboxylic acids is 1. The van der Waals surface area contributed by atoms with Crippen LogP contribution in [0.5, 0.6) is 5.75 Å². The standard InChI is InChI=1S/C14H20BrNO3/c1-14(2,3)19-13(17)16-8-7-10-5-6-12(18-4)11(15)9-10/h5-6,9H,7-8H2,1-4H3,(H,16,17). The van der Waals surface area contributed by atoms with Gasteiger partial charge in [0.15, 0.2) is 0 Å². The Labute approximate surface area is 122 Å². The number of alkyl carbamates (subject to hydrolysis) is 1. The van der Waals surface area contributed by atoms with E-state index in [0.29, 0.717) is 6.54 Å². The molecule has 4 nitrogen and oxygen atoms in total. The summed E-state index contributed by atoms with van der Waals surface area (Å²) in [6.07, 6.45) is 0.349. The van der Waals surface area contributed by atoms with Crippen molar-refractivity contribution in [3.8, 4) is 5.75 Å². The van der Waals surface area contributed by atoms with Crippen LogP contribution in [0.1, 0.15) is 26.3 Å². The van der Waals surface area contributed by atoms with E-state index in [9.17, 15) is 4.79 Å². The maximum absolute atomic E-state index is 11.5. The van der Waals surface area contributed by atoms with E-state index in [1.54, 1.807) is 7.11 Å². The second kappa shape index (κ2) is 6.80. The molecule has 5 heteroatoms. The molecule has 0 aliphatic carbocycles. The van der Waals surface area contributed by atoms with Gasteiger partial charge in [-0.2, -0.15) is 0 Å². The number of benzene rings is 1. The van der Waals surface area contributed by atoms with Gasteiger partial charge in [0.25, 0.3) is 0 Å². The molecule has 0 unspecified atom stereocenters. The van der Waals surface area contributed by atoms with Crippen LogP contribution in [-0.2, 0) is 11.2 Å². The lowest BCUT2D eigenvalue weighted by Gasteiger charge is -2.19. The van der Waals surface area contributed by atoms with Gasteiger partial charge in [-0.1, -0.05) is 6.07 Å². The number of nitrogens with one attached hydrogen (secondary N) is 1. The van der Waals surface area contributed by atoms with E-state index in [0.717, 1.165) is 22.2 Å². The van der Waals surface area contributed by atoms with Crippen molar-refractivity contribution in [3.05, 3.63) is 28.2 Å². The maximum atomic E-state index is 11.5. The number of rotatable bonds is 4. The molecule has 1 amide bonds. The molecule has 19 heavy (non-hydrogen) atoms. The van der Waals surface area contributed by atoms with Crippen molar-refractivity contribution in [1.82, 2.24) is 5.32 Å². The van der Waals surface area contributed by atoms with Crippen LogP contribution in [0.4, 0.5) is 4.79 Å². The van der Waals surface area contributed by atoms with E-state index >= 15 is 0 Å². The minimum Gasteiger partial charge on any atom is -0.496 e. The number of hydrogen-bond acceptors (Lipinski definition) is 3. The van der Waals surface area contributed by atoms with Gasteiger partial charge in [0.2, 0.25) is 0 Å². The molecule has 1 aromatic carbocycles. The van der Waals surface area contributed by atoms with Crippen LogP contribution in [-0.4, -0.2) is 25.3 Å². The Hall–Kier alpha value is -1.23. The summed E-state index contributed by atoms with van der Waals surface area (Å²) in [4.78, 5) is 11.5. The third-order valence-corrected chi connectivity index (χ3v) is 2.92. The normalized spacial score (nSPS) is 11.0. The molecule has 106 valence electrons. The molecule has 0 aliphatic heterocycles. The van der Waals surface area contributed by atoms with Gasteiger partial charge in [0, 0.05) is 6.54 Å². The second-order valence-electron chi connectivity index (χ2n) is 5.15. The van der Waals surface area contributed by atoms with E-state index in [-0.39, 0.29) is 6.09 Å². The number of carbonyl (C=O) groups is 1. The van der Waals surface area contributed by atoms with Gasteiger partial charge in [-0.05, 0) is 60.8 Å². The first-order chi connectivity index (χ1) is 8.81. The zero-order chi connectivity index (χ0) is 14.5. The Morgan fingerprint density at radius 2 is 2.05 bits per heavy atom. The summed E-state index contributed by atoms with van der Waals surface area (Å²) in [5.41, 5.74) is 0.650. The molecular formula is C14H20BrNO3. The van der Waals surface area contributed by atoms with Gasteiger partial charge in [0.05, 0.1) is 11.6 Å². The highest BCUT2D eigenvalue weighted by atomic mass is 79.9. The van der Waals surface area contributed by atoms with Crippen LogP contribution in [0, 0.1) is 0 Å². The highest BCUT2D eigenvalue weighted by Crippen LogP contribution is 2.25. The van der Waals surface area contributed by atoms with Crippen molar-refractivity contribution in [2.75, 3.05) is 13.7 Å². The van der Waals surface area contributed by atoms with Gasteiger partial charge in [0.1, 0.15) is 11.4 Å². The van der Waals surface area contributed by atoms with Gasteiger partial charge < -0.3 is 14.8 Å². The quantitative estimate of drug-likeness (QED) is 0.919. The summed E-state index contributed by atoms with van der Waals surface area (Å²) < 4.78 is 11.2. The highest BCUT2D eigenvalue weighted by molar-refractivity contribution is 9.10. The number of amides is 1. The Balaban J connectivity index is 2.41. The fourth-order valence-electron chi connectivity index (χ4n) is 1.49. The fraction of sp³-hybridized carbons (Fsp3) is 0.500. The number of methoxy groups -OCH3 is 1. The summed E-state index contributed by atoms with van der Waals surface area (Å²) in [6, 6.07) is 5.85. The second-order valence-corrected chi connectivity index (χ2v) is 6.00. The molecule has 0 spiro atoms. The van der Waals surface area contributed by atoms with Crippen molar-refractivity contribution < 1.29 is 14.3 Å². The molecular weight excluding hydrogens is 310 g/mol. The predicted molar refractivity (Wildman–Crippen MR) is 78.6 cm³/mol. The zero-order valence-corrected chi connectivity index (χ0v) is 13.3. The minimum atomic E-state index is -0.465. The molecule has 1 N–H and O–H groups in total. The van der Waals surface area contributed by atoms with Crippen LogP contribution < -0.4 is 10.1 Å². The molecule has 0 bridgehead atoms. The number of halogens is 1. The van der Waals surface area contributed by atoms with Crippen molar-refractivity contribution in [2.24, 2.45) is 0 Å². The maximum Gasteiger partial charge on any atom is 0.407 e. The van der Waals surface area contributed by atoms with E-state index in [2.05, 4.69) is 21.2 Å². The van der Waals surface area contributed by atoms with E-state index in [1.165, 1.54) is 0 Å². The number of ether oxygens (including phenoxy) is 2. The largest absolute Gasteiger partial charge is 0.496 e. The SMILES string of the molecule is COc1ccc(CCNC(=O)OC(C)(C)C)cc1Br. The minimum absolute atomic E-state index is 0.389. The van der Waals surface area contributed by atoms with Crippen LogP contribution in [0.2, 0.25) is 0 Å². The van der Waals surface area contributed by atoms with Crippen LogP contribution >= 0.6 is 15.9 Å². The molecule has 0 radical (unpaired) electrons. The summed E-state index contributed by atoms with van der Waals surface area (Å²) >= 11 is 3.43. The monoisotopic (exact) mass is 329 g/mol. The Morgan fingerprint density at radius 3 is 2.58 bits per heavy atom. The summed E-state index contributed by atoms with van der Waals surface area (Å²) in [6.45, 7) is 6.06. The molecule has 0 heterocycles. The third kappa shape index (κ3) is 5.96.